The first-order valence-corrected chi connectivity index (χ1v) is 5.56. The third kappa shape index (κ3) is 7.63. The topological polar surface area (TPSA) is 32.3 Å². The van der Waals surface area contributed by atoms with Crippen LogP contribution in [0.15, 0.2) is 10.6 Å². The molecule has 14 heavy (non-hydrogen) atoms. The molecule has 0 aliphatic heterocycles. The Hall–Kier alpha value is 0.240. The van der Waals surface area contributed by atoms with E-state index < -0.39 is 5.60 Å². The van der Waals surface area contributed by atoms with Gasteiger partial charge in [0.1, 0.15) is 0 Å². The van der Waals surface area contributed by atoms with Crippen LogP contribution in [0.2, 0.25) is 0 Å². The summed E-state index contributed by atoms with van der Waals surface area (Å²) in [6, 6.07) is 0. The molecular formula is C10H19Cl2NO. The van der Waals surface area contributed by atoms with Gasteiger partial charge >= 0.3 is 0 Å². The minimum absolute atomic E-state index is 0.478. The van der Waals surface area contributed by atoms with E-state index in [0.717, 1.165) is 6.42 Å². The van der Waals surface area contributed by atoms with Crippen molar-refractivity contribution in [3.63, 3.8) is 0 Å². The molecule has 2 N–H and O–H groups in total. The van der Waals surface area contributed by atoms with Crippen LogP contribution in [-0.2, 0) is 0 Å². The standard InChI is InChI=1S/C10H19Cl2NO/c1-8(2)4-10(3,14)7-13-6-9(12)5-11/h5,8,13-14H,4,6-7H2,1-3H3. The quantitative estimate of drug-likeness (QED) is 0.748. The van der Waals surface area contributed by atoms with Crippen molar-refractivity contribution in [1.82, 2.24) is 5.32 Å². The van der Waals surface area contributed by atoms with Gasteiger partial charge in [-0.25, -0.2) is 0 Å². The van der Waals surface area contributed by atoms with Crippen LogP contribution in [0, 0.1) is 5.92 Å². The fourth-order valence-corrected chi connectivity index (χ4v) is 1.61. The molecule has 0 amide bonds. The largest absolute Gasteiger partial charge is 0.389 e. The van der Waals surface area contributed by atoms with Gasteiger partial charge in [0.05, 0.1) is 5.60 Å². The first-order chi connectivity index (χ1) is 6.37. The van der Waals surface area contributed by atoms with E-state index in [2.05, 4.69) is 19.2 Å². The van der Waals surface area contributed by atoms with Crippen molar-refractivity contribution in [3.05, 3.63) is 10.6 Å². The summed E-state index contributed by atoms with van der Waals surface area (Å²) in [5.74, 6) is 0.478. The van der Waals surface area contributed by atoms with Gasteiger partial charge in [-0.1, -0.05) is 37.0 Å². The molecule has 0 aliphatic carbocycles. The van der Waals surface area contributed by atoms with Crippen LogP contribution >= 0.6 is 23.2 Å². The number of hydrogen-bond donors (Lipinski definition) is 2. The Balaban J connectivity index is 3.76. The Bertz CT molecular complexity index is 191. The van der Waals surface area contributed by atoms with Crippen molar-refractivity contribution >= 4 is 23.2 Å². The molecule has 0 saturated carbocycles. The van der Waals surface area contributed by atoms with Crippen LogP contribution in [0.3, 0.4) is 0 Å². The third-order valence-corrected chi connectivity index (χ3v) is 2.38. The van der Waals surface area contributed by atoms with Crippen LogP contribution in [-0.4, -0.2) is 23.8 Å². The number of aliphatic hydroxyl groups is 1. The van der Waals surface area contributed by atoms with Crippen LogP contribution in [0.25, 0.3) is 0 Å². The summed E-state index contributed by atoms with van der Waals surface area (Å²) in [6.45, 7) is 7.00. The van der Waals surface area contributed by atoms with E-state index in [4.69, 9.17) is 23.2 Å². The van der Waals surface area contributed by atoms with Crippen LogP contribution in [0.1, 0.15) is 27.2 Å². The zero-order valence-electron chi connectivity index (χ0n) is 8.98. The zero-order chi connectivity index (χ0) is 11.2. The second kappa shape index (κ2) is 6.67. The monoisotopic (exact) mass is 239 g/mol. The molecule has 0 rings (SSSR count). The van der Waals surface area contributed by atoms with Gasteiger partial charge in [0.2, 0.25) is 0 Å². The van der Waals surface area contributed by atoms with Gasteiger partial charge in [0, 0.05) is 23.7 Å². The molecular weight excluding hydrogens is 221 g/mol. The molecule has 0 spiro atoms. The normalized spacial score (nSPS) is 17.2. The highest BCUT2D eigenvalue weighted by atomic mass is 35.5. The molecule has 0 aromatic carbocycles. The van der Waals surface area contributed by atoms with E-state index in [1.54, 1.807) is 0 Å². The van der Waals surface area contributed by atoms with E-state index in [-0.39, 0.29) is 0 Å². The van der Waals surface area contributed by atoms with E-state index in [1.165, 1.54) is 5.54 Å². The summed E-state index contributed by atoms with van der Waals surface area (Å²) < 4.78 is 0. The summed E-state index contributed by atoms with van der Waals surface area (Å²) >= 11 is 11.1. The fourth-order valence-electron chi connectivity index (χ4n) is 1.44. The molecule has 0 bridgehead atoms. The Morgan fingerprint density at radius 1 is 1.57 bits per heavy atom. The first kappa shape index (κ1) is 14.2. The minimum Gasteiger partial charge on any atom is -0.389 e. The van der Waals surface area contributed by atoms with E-state index in [1.807, 2.05) is 6.92 Å². The number of hydrogen-bond acceptors (Lipinski definition) is 2. The molecule has 0 aliphatic rings. The Kier molecular flexibility index (Phi) is 6.79. The van der Waals surface area contributed by atoms with Crippen molar-refractivity contribution in [1.29, 1.82) is 0 Å². The predicted octanol–water partition coefficient (Wildman–Crippen LogP) is 2.69. The second-order valence-corrected chi connectivity index (χ2v) is 4.96. The van der Waals surface area contributed by atoms with Crippen molar-refractivity contribution in [3.8, 4) is 0 Å². The molecule has 0 aromatic heterocycles. The number of halogens is 2. The SMILES string of the molecule is CC(C)CC(C)(O)CNCC(Cl)=CCl. The van der Waals surface area contributed by atoms with Crippen molar-refractivity contribution in [2.24, 2.45) is 5.92 Å². The lowest BCUT2D eigenvalue weighted by atomic mass is 9.94. The van der Waals surface area contributed by atoms with Crippen molar-refractivity contribution in [2.75, 3.05) is 13.1 Å². The summed E-state index contributed by atoms with van der Waals surface area (Å²) in [5, 5.41) is 13.5. The average Bonchev–Trinajstić information content (AvgIpc) is 2.01. The van der Waals surface area contributed by atoms with E-state index >= 15 is 0 Å². The second-order valence-electron chi connectivity index (χ2n) is 4.25. The van der Waals surface area contributed by atoms with Gasteiger partial charge < -0.3 is 10.4 Å². The lowest BCUT2D eigenvalue weighted by Crippen LogP contribution is -2.39. The van der Waals surface area contributed by atoms with Crippen molar-refractivity contribution in [2.45, 2.75) is 32.8 Å². The van der Waals surface area contributed by atoms with Crippen LogP contribution in [0.4, 0.5) is 0 Å². The minimum atomic E-state index is -0.683. The third-order valence-electron chi connectivity index (χ3n) is 1.77. The molecule has 2 nitrogen and oxygen atoms in total. The molecule has 0 radical (unpaired) electrons. The number of rotatable bonds is 6. The maximum atomic E-state index is 9.91. The molecule has 1 unspecified atom stereocenters. The van der Waals surface area contributed by atoms with Crippen LogP contribution < -0.4 is 5.32 Å². The highest BCUT2D eigenvalue weighted by Crippen LogP contribution is 2.15. The molecule has 1 atom stereocenters. The fraction of sp³-hybridized carbons (Fsp3) is 0.800. The van der Waals surface area contributed by atoms with Gasteiger partial charge in [0.25, 0.3) is 0 Å². The van der Waals surface area contributed by atoms with Gasteiger partial charge in [-0.05, 0) is 19.3 Å². The number of nitrogens with one attached hydrogen (secondary N) is 1. The Labute approximate surface area is 96.3 Å². The predicted molar refractivity (Wildman–Crippen MR) is 62.7 cm³/mol. The molecule has 84 valence electrons. The molecule has 0 fully saturated rings. The molecule has 4 heteroatoms. The van der Waals surface area contributed by atoms with Gasteiger partial charge in [-0.2, -0.15) is 0 Å². The van der Waals surface area contributed by atoms with Gasteiger partial charge in [0.15, 0.2) is 0 Å². The van der Waals surface area contributed by atoms with Gasteiger partial charge in [-0.15, -0.1) is 0 Å². The van der Waals surface area contributed by atoms with Crippen molar-refractivity contribution < 1.29 is 5.11 Å². The molecule has 0 heterocycles. The summed E-state index contributed by atoms with van der Waals surface area (Å²) in [7, 11) is 0. The highest BCUT2D eigenvalue weighted by molar-refractivity contribution is 6.36. The zero-order valence-corrected chi connectivity index (χ0v) is 10.5. The summed E-state index contributed by atoms with van der Waals surface area (Å²) in [6.07, 6.45) is 0.766. The van der Waals surface area contributed by atoms with E-state index in [9.17, 15) is 5.11 Å². The summed E-state index contributed by atoms with van der Waals surface area (Å²) in [5.41, 5.74) is 0.642. The smallest absolute Gasteiger partial charge is 0.0746 e. The lowest BCUT2D eigenvalue weighted by Gasteiger charge is -2.25. The lowest BCUT2D eigenvalue weighted by molar-refractivity contribution is 0.0395. The van der Waals surface area contributed by atoms with Crippen LogP contribution in [0.5, 0.6) is 0 Å². The maximum Gasteiger partial charge on any atom is 0.0746 e. The maximum absolute atomic E-state index is 9.91. The Morgan fingerprint density at radius 3 is 2.57 bits per heavy atom. The first-order valence-electron chi connectivity index (χ1n) is 4.75. The summed E-state index contributed by atoms with van der Waals surface area (Å²) in [4.78, 5) is 0. The highest BCUT2D eigenvalue weighted by Gasteiger charge is 2.20. The van der Waals surface area contributed by atoms with Gasteiger partial charge in [-0.3, -0.25) is 0 Å². The average molecular weight is 240 g/mol. The molecule has 0 saturated heterocycles. The molecule has 0 aromatic rings. The Morgan fingerprint density at radius 2 is 2.14 bits per heavy atom. The van der Waals surface area contributed by atoms with E-state index in [0.29, 0.717) is 24.0 Å².